The fourth-order valence-electron chi connectivity index (χ4n) is 2.90. The predicted molar refractivity (Wildman–Crippen MR) is 69.8 cm³/mol. The molecule has 1 saturated heterocycles. The van der Waals surface area contributed by atoms with Crippen molar-refractivity contribution in [3.63, 3.8) is 0 Å². The lowest BCUT2D eigenvalue weighted by atomic mass is 9.80. The van der Waals surface area contributed by atoms with E-state index < -0.39 is 0 Å². The van der Waals surface area contributed by atoms with Gasteiger partial charge in [-0.05, 0) is 61.9 Å². The Morgan fingerprint density at radius 1 is 1.53 bits per heavy atom. The summed E-state index contributed by atoms with van der Waals surface area (Å²) in [5, 5.41) is 12.4. The molecule has 1 fully saturated rings. The predicted octanol–water partition coefficient (Wildman–Crippen LogP) is 3.05. The number of piperidine rings is 1. The summed E-state index contributed by atoms with van der Waals surface area (Å²) >= 11 is 0. The molecule has 0 radical (unpaired) electrons. The minimum absolute atomic E-state index is 0.594. The van der Waals surface area contributed by atoms with Crippen LogP contribution in [0.25, 0.3) is 0 Å². The van der Waals surface area contributed by atoms with Crippen LogP contribution in [0, 0.1) is 17.2 Å². The third-order valence-electron chi connectivity index (χ3n) is 3.79. The van der Waals surface area contributed by atoms with Crippen LogP contribution in [-0.2, 0) is 0 Å². The van der Waals surface area contributed by atoms with Crippen molar-refractivity contribution >= 4 is 0 Å². The summed E-state index contributed by atoms with van der Waals surface area (Å²) < 4.78 is 0. The lowest BCUT2D eigenvalue weighted by molar-refractivity contribution is 0.316. The third-order valence-corrected chi connectivity index (χ3v) is 3.79. The van der Waals surface area contributed by atoms with Gasteiger partial charge >= 0.3 is 0 Å². The molecule has 0 spiro atoms. The molecule has 1 aliphatic heterocycles. The van der Waals surface area contributed by atoms with Gasteiger partial charge in [-0.1, -0.05) is 19.1 Å². The molecule has 0 bridgehead atoms. The quantitative estimate of drug-likeness (QED) is 0.863. The molecule has 0 aliphatic carbocycles. The van der Waals surface area contributed by atoms with Crippen molar-refractivity contribution in [1.82, 2.24) is 5.32 Å². The van der Waals surface area contributed by atoms with Crippen LogP contribution in [0.5, 0.6) is 0 Å². The number of nitriles is 1. The van der Waals surface area contributed by atoms with E-state index in [9.17, 15) is 0 Å². The molecular weight excluding hydrogens is 208 g/mol. The molecule has 2 rings (SSSR count). The van der Waals surface area contributed by atoms with Gasteiger partial charge in [0.25, 0.3) is 0 Å². The number of nitrogens with zero attached hydrogens (tertiary/aromatic N) is 1. The second-order valence-corrected chi connectivity index (χ2v) is 4.86. The van der Waals surface area contributed by atoms with E-state index in [0.29, 0.717) is 5.92 Å². The van der Waals surface area contributed by atoms with E-state index in [1.165, 1.54) is 18.4 Å². The van der Waals surface area contributed by atoms with Crippen molar-refractivity contribution in [2.24, 2.45) is 5.92 Å². The van der Waals surface area contributed by atoms with Crippen LogP contribution in [0.15, 0.2) is 24.3 Å². The molecule has 2 unspecified atom stereocenters. The average Bonchev–Trinajstić information content (AvgIpc) is 2.41. The highest BCUT2D eigenvalue weighted by Gasteiger charge is 2.23. The van der Waals surface area contributed by atoms with E-state index in [4.69, 9.17) is 5.26 Å². The molecular formula is C15H20N2. The van der Waals surface area contributed by atoms with Crippen LogP contribution in [-0.4, -0.2) is 13.1 Å². The first kappa shape index (κ1) is 12.1. The number of benzene rings is 1. The van der Waals surface area contributed by atoms with Gasteiger partial charge < -0.3 is 5.32 Å². The van der Waals surface area contributed by atoms with Gasteiger partial charge in [-0.15, -0.1) is 0 Å². The zero-order valence-electron chi connectivity index (χ0n) is 10.4. The van der Waals surface area contributed by atoms with Crippen LogP contribution in [0.1, 0.15) is 43.2 Å². The zero-order valence-corrected chi connectivity index (χ0v) is 10.4. The smallest absolute Gasteiger partial charge is 0.0991 e. The van der Waals surface area contributed by atoms with Crippen LogP contribution in [0.2, 0.25) is 0 Å². The van der Waals surface area contributed by atoms with Gasteiger partial charge in [0.1, 0.15) is 0 Å². The van der Waals surface area contributed by atoms with Gasteiger partial charge in [-0.2, -0.15) is 5.26 Å². The minimum atomic E-state index is 0.594. The fourth-order valence-corrected chi connectivity index (χ4v) is 2.90. The van der Waals surface area contributed by atoms with Gasteiger partial charge in [-0.3, -0.25) is 0 Å². The molecule has 2 nitrogen and oxygen atoms in total. The van der Waals surface area contributed by atoms with Crippen molar-refractivity contribution in [1.29, 1.82) is 5.26 Å². The lowest BCUT2D eigenvalue weighted by Gasteiger charge is -2.30. The molecule has 1 aromatic carbocycles. The molecule has 0 aromatic heterocycles. The number of hydrogen-bond acceptors (Lipinski definition) is 2. The maximum atomic E-state index is 8.96. The van der Waals surface area contributed by atoms with Gasteiger partial charge in [0, 0.05) is 0 Å². The number of hydrogen-bond donors (Lipinski definition) is 1. The van der Waals surface area contributed by atoms with Gasteiger partial charge in [0.05, 0.1) is 11.6 Å². The van der Waals surface area contributed by atoms with E-state index in [0.717, 1.165) is 31.0 Å². The molecule has 1 N–H and O–H groups in total. The van der Waals surface area contributed by atoms with E-state index >= 15 is 0 Å². The number of nitrogens with one attached hydrogen (secondary N) is 1. The van der Waals surface area contributed by atoms with Crippen molar-refractivity contribution in [2.45, 2.75) is 32.1 Å². The van der Waals surface area contributed by atoms with Gasteiger partial charge in [0.15, 0.2) is 0 Å². The Hall–Kier alpha value is -1.33. The Labute approximate surface area is 104 Å². The van der Waals surface area contributed by atoms with Gasteiger partial charge in [0.2, 0.25) is 0 Å². The van der Waals surface area contributed by atoms with E-state index in [-0.39, 0.29) is 0 Å². The monoisotopic (exact) mass is 228 g/mol. The SMILES string of the molecule is CCC(c1cccc(C#N)c1)C1CCCNC1. The Balaban J connectivity index is 2.18. The van der Waals surface area contributed by atoms with Crippen molar-refractivity contribution < 1.29 is 0 Å². The molecule has 1 aromatic rings. The van der Waals surface area contributed by atoms with Crippen LogP contribution in [0.4, 0.5) is 0 Å². The molecule has 1 heterocycles. The fraction of sp³-hybridized carbons (Fsp3) is 0.533. The van der Waals surface area contributed by atoms with Crippen molar-refractivity contribution in [2.75, 3.05) is 13.1 Å². The first-order chi connectivity index (χ1) is 8.35. The Kier molecular flexibility index (Phi) is 4.17. The maximum absolute atomic E-state index is 8.96. The summed E-state index contributed by atoms with van der Waals surface area (Å²) in [4.78, 5) is 0. The normalized spacial score (nSPS) is 21.8. The Morgan fingerprint density at radius 2 is 2.41 bits per heavy atom. The topological polar surface area (TPSA) is 35.8 Å². The average molecular weight is 228 g/mol. The summed E-state index contributed by atoms with van der Waals surface area (Å²) in [6.07, 6.45) is 3.74. The highest BCUT2D eigenvalue weighted by molar-refractivity contribution is 5.34. The first-order valence-electron chi connectivity index (χ1n) is 6.56. The molecule has 2 heteroatoms. The summed E-state index contributed by atoms with van der Waals surface area (Å²) in [6, 6.07) is 10.4. The van der Waals surface area contributed by atoms with E-state index in [1.54, 1.807) is 0 Å². The van der Waals surface area contributed by atoms with E-state index in [2.05, 4.69) is 30.4 Å². The second-order valence-electron chi connectivity index (χ2n) is 4.86. The van der Waals surface area contributed by atoms with Crippen LogP contribution >= 0.6 is 0 Å². The molecule has 17 heavy (non-hydrogen) atoms. The van der Waals surface area contributed by atoms with Crippen LogP contribution in [0.3, 0.4) is 0 Å². The van der Waals surface area contributed by atoms with E-state index in [1.807, 2.05) is 12.1 Å². The first-order valence-corrected chi connectivity index (χ1v) is 6.56. The molecule has 0 amide bonds. The number of rotatable bonds is 3. The summed E-state index contributed by atoms with van der Waals surface area (Å²) in [5.41, 5.74) is 2.12. The van der Waals surface area contributed by atoms with Crippen molar-refractivity contribution in [3.05, 3.63) is 35.4 Å². The molecule has 0 saturated carbocycles. The standard InChI is InChI=1S/C15H20N2/c1-2-15(14-7-4-8-17-11-14)13-6-3-5-12(9-13)10-16/h3,5-6,9,14-15,17H,2,4,7-8,11H2,1H3. The Bertz CT molecular complexity index is 400. The minimum Gasteiger partial charge on any atom is -0.316 e. The van der Waals surface area contributed by atoms with Crippen LogP contribution < -0.4 is 5.32 Å². The zero-order chi connectivity index (χ0) is 12.1. The summed E-state index contributed by atoms with van der Waals surface area (Å²) in [7, 11) is 0. The molecule has 1 aliphatic rings. The Morgan fingerprint density at radius 3 is 3.06 bits per heavy atom. The van der Waals surface area contributed by atoms with Crippen molar-refractivity contribution in [3.8, 4) is 6.07 Å². The largest absolute Gasteiger partial charge is 0.316 e. The summed E-state index contributed by atoms with van der Waals surface area (Å²) in [5.74, 6) is 1.32. The summed E-state index contributed by atoms with van der Waals surface area (Å²) in [6.45, 7) is 4.53. The molecule has 2 atom stereocenters. The maximum Gasteiger partial charge on any atom is 0.0991 e. The molecule has 90 valence electrons. The second kappa shape index (κ2) is 5.84. The highest BCUT2D eigenvalue weighted by atomic mass is 14.9. The van der Waals surface area contributed by atoms with Gasteiger partial charge in [-0.25, -0.2) is 0 Å². The lowest BCUT2D eigenvalue weighted by Crippen LogP contribution is -2.33. The third kappa shape index (κ3) is 2.87. The highest BCUT2D eigenvalue weighted by Crippen LogP contribution is 2.32.